The summed E-state index contributed by atoms with van der Waals surface area (Å²) in [5.41, 5.74) is 7.03. The molecule has 1 aromatic carbocycles. The van der Waals surface area contributed by atoms with Gasteiger partial charge in [0.15, 0.2) is 5.65 Å². The third kappa shape index (κ3) is 12.1. The average Bonchev–Trinajstić information content (AvgIpc) is 3.47. The molecule has 0 radical (unpaired) electrons. The van der Waals surface area contributed by atoms with E-state index >= 15 is 0 Å². The van der Waals surface area contributed by atoms with Crippen molar-refractivity contribution in [3.63, 3.8) is 0 Å². The Balaban J connectivity index is 1.65. The molecule has 3 aromatic rings. The molecule has 0 bridgehead atoms. The Morgan fingerprint density at radius 3 is 2.00 bits per heavy atom. The summed E-state index contributed by atoms with van der Waals surface area (Å²) in [6, 6.07) is 7.47. The lowest BCUT2D eigenvalue weighted by molar-refractivity contribution is -0.0422. The minimum atomic E-state index is -4.15. The third-order valence-corrected chi connectivity index (χ3v) is 9.34. The highest BCUT2D eigenvalue weighted by Gasteiger charge is 2.29. The fourth-order valence-corrected chi connectivity index (χ4v) is 6.08. The first kappa shape index (κ1) is 38.8. The molecule has 3 rings (SSSR count). The molecular weight excluding hydrogens is 669 g/mol. The van der Waals surface area contributed by atoms with Crippen LogP contribution in [0.1, 0.15) is 60.3 Å². The van der Waals surface area contributed by atoms with Gasteiger partial charge in [-0.1, -0.05) is 39.5 Å². The molecule has 2 heterocycles. The fraction of sp³-hybridized carbons (Fsp3) is 0.567. The highest BCUT2D eigenvalue weighted by Crippen LogP contribution is 2.48. The van der Waals surface area contributed by atoms with Gasteiger partial charge in [0.1, 0.15) is 34.8 Å². The number of ether oxygens (including phenoxy) is 6. The number of nitrogens with two attached hydrogens (primary N) is 1. The second-order valence-corrected chi connectivity index (χ2v) is 13.4. The average molecular weight is 714 g/mol. The first-order valence-corrected chi connectivity index (χ1v) is 18.0. The number of benzene rings is 1. The predicted molar refractivity (Wildman–Crippen MR) is 176 cm³/mol. The van der Waals surface area contributed by atoms with Crippen LogP contribution in [-0.2, 0) is 43.8 Å². The summed E-state index contributed by atoms with van der Waals surface area (Å²) in [6.07, 6.45) is 0.129. The van der Waals surface area contributed by atoms with E-state index in [-0.39, 0.29) is 24.7 Å². The van der Waals surface area contributed by atoms with Crippen LogP contribution in [0.5, 0.6) is 5.75 Å². The van der Waals surface area contributed by atoms with Gasteiger partial charge in [-0.15, -0.1) is 0 Å². The van der Waals surface area contributed by atoms with Crippen molar-refractivity contribution >= 4 is 48.8 Å². The maximum Gasteiger partial charge on any atom is 0.510 e. The Labute approximate surface area is 283 Å². The maximum atomic E-state index is 13.6. The van der Waals surface area contributed by atoms with E-state index in [0.29, 0.717) is 41.9 Å². The number of carbonyl (C=O) groups excluding carboxylic acids is 2. The summed E-state index contributed by atoms with van der Waals surface area (Å²) in [6.45, 7) is 7.87. The number of fused-ring (bicyclic) bond motifs is 1. The lowest BCUT2D eigenvalue weighted by Gasteiger charge is -2.21. The van der Waals surface area contributed by atoms with Crippen LogP contribution in [0.25, 0.3) is 11.2 Å². The largest absolute Gasteiger partial charge is 0.510 e. The van der Waals surface area contributed by atoms with Gasteiger partial charge in [-0.25, -0.2) is 19.6 Å². The zero-order valence-corrected chi connectivity index (χ0v) is 29.7. The minimum absolute atomic E-state index is 0.0607. The molecule has 48 heavy (non-hydrogen) atoms. The summed E-state index contributed by atoms with van der Waals surface area (Å²) in [5.74, 6) is 0.787. The van der Waals surface area contributed by atoms with E-state index in [1.54, 1.807) is 24.9 Å². The Morgan fingerprint density at radius 1 is 0.917 bits per heavy atom. The molecule has 0 aliphatic carbocycles. The molecular formula is C30H44N5O11PS. The van der Waals surface area contributed by atoms with Crippen molar-refractivity contribution in [2.45, 2.75) is 95.1 Å². The molecule has 18 heteroatoms. The molecule has 0 fully saturated rings. The van der Waals surface area contributed by atoms with Gasteiger partial charge in [0, 0.05) is 4.90 Å². The summed E-state index contributed by atoms with van der Waals surface area (Å²) in [5, 5.41) is 0.562. The molecule has 0 amide bonds. The van der Waals surface area contributed by atoms with Crippen LogP contribution in [0.4, 0.5) is 15.5 Å². The third-order valence-electron chi connectivity index (χ3n) is 6.89. The van der Waals surface area contributed by atoms with E-state index in [1.165, 1.54) is 11.8 Å². The molecule has 16 nitrogen and oxygen atoms in total. The van der Waals surface area contributed by atoms with Crippen LogP contribution < -0.4 is 10.5 Å². The topological polar surface area (TPSA) is 195 Å². The van der Waals surface area contributed by atoms with Crippen LogP contribution >= 0.6 is 19.4 Å². The van der Waals surface area contributed by atoms with Gasteiger partial charge < -0.3 is 38.7 Å². The van der Waals surface area contributed by atoms with Gasteiger partial charge in [-0.05, 0) is 56.9 Å². The molecule has 1 atom stereocenters. The number of methoxy groups -OCH3 is 1. The number of anilines is 1. The van der Waals surface area contributed by atoms with Gasteiger partial charge in [0.2, 0.25) is 19.5 Å². The molecule has 0 spiro atoms. The number of imidazole rings is 1. The molecule has 2 aromatic heterocycles. The van der Waals surface area contributed by atoms with E-state index in [9.17, 15) is 14.2 Å². The summed E-state index contributed by atoms with van der Waals surface area (Å²) >= 11 is 1.37. The van der Waals surface area contributed by atoms with Crippen LogP contribution in [0.2, 0.25) is 0 Å². The number of hydrogen-bond acceptors (Lipinski definition) is 16. The zero-order chi connectivity index (χ0) is 35.1. The highest BCUT2D eigenvalue weighted by atomic mass is 32.2. The van der Waals surface area contributed by atoms with Crippen molar-refractivity contribution in [1.29, 1.82) is 0 Å². The SMILES string of the molecule is CCC(CC)OC(=O)OCOP(=O)(COC(C)Cn1cnc2c(Sc3ccc(OC)cc3)nc(N)nc21)OCOC(=O)OC(CC)CC. The van der Waals surface area contributed by atoms with E-state index in [1.807, 2.05) is 52.0 Å². The number of nitrogen functional groups attached to an aromatic ring is 1. The number of rotatable bonds is 20. The van der Waals surface area contributed by atoms with Crippen LogP contribution in [-0.4, -0.2) is 77.2 Å². The summed E-state index contributed by atoms with van der Waals surface area (Å²) < 4.78 is 57.1. The molecule has 266 valence electrons. The van der Waals surface area contributed by atoms with Gasteiger partial charge in [0.05, 0.1) is 26.1 Å². The fourth-order valence-electron chi connectivity index (χ4n) is 4.12. The standard InChI is InChI=1S/C30H44N5O11PS/c1-7-21(8-2)45-29(36)40-17-43-47(38,44-18-41-30(37)46-22(9-3)10-4)19-42-20(5)15-35-16-32-25-26(35)33-28(31)34-27(25)48-24-13-11-23(39-6)12-14-24/h11-14,16,20-22H,7-10,15,17-19H2,1-6H3,(H2,31,33,34). The van der Waals surface area contributed by atoms with Crippen LogP contribution in [0.15, 0.2) is 40.5 Å². The molecule has 0 aliphatic rings. The number of aromatic nitrogens is 4. The first-order chi connectivity index (χ1) is 23.0. The minimum Gasteiger partial charge on any atom is -0.497 e. The summed E-state index contributed by atoms with van der Waals surface area (Å²) in [4.78, 5) is 38.2. The number of nitrogens with zero attached hydrogens (tertiary/aromatic N) is 4. The van der Waals surface area contributed by atoms with Crippen LogP contribution in [0.3, 0.4) is 0 Å². The van der Waals surface area contributed by atoms with Crippen molar-refractivity contribution in [1.82, 2.24) is 19.5 Å². The van der Waals surface area contributed by atoms with Gasteiger partial charge >= 0.3 is 19.9 Å². The Bertz CT molecular complexity index is 1470. The van der Waals surface area contributed by atoms with Crippen LogP contribution in [0, 0.1) is 0 Å². The van der Waals surface area contributed by atoms with Gasteiger partial charge in [-0.3, -0.25) is 13.6 Å². The number of carbonyl (C=O) groups is 2. The normalized spacial score (nSPS) is 12.3. The Kier molecular flexibility index (Phi) is 15.7. The molecule has 1 unspecified atom stereocenters. The maximum absolute atomic E-state index is 13.6. The van der Waals surface area contributed by atoms with E-state index in [2.05, 4.69) is 15.0 Å². The molecule has 0 saturated carbocycles. The lowest BCUT2D eigenvalue weighted by atomic mass is 10.2. The second kappa shape index (κ2) is 19.4. The quantitative estimate of drug-likeness (QED) is 0.0558. The van der Waals surface area contributed by atoms with E-state index < -0.39 is 45.9 Å². The van der Waals surface area contributed by atoms with Crippen molar-refractivity contribution < 1.29 is 51.6 Å². The van der Waals surface area contributed by atoms with Crippen molar-refractivity contribution in [2.75, 3.05) is 32.8 Å². The smallest absolute Gasteiger partial charge is 0.497 e. The Hall–Kier alpha value is -3.63. The second-order valence-electron chi connectivity index (χ2n) is 10.3. The van der Waals surface area contributed by atoms with E-state index in [0.717, 1.165) is 10.6 Å². The molecule has 2 N–H and O–H groups in total. The molecule has 0 aliphatic heterocycles. The summed E-state index contributed by atoms with van der Waals surface area (Å²) in [7, 11) is -2.56. The number of hydrogen-bond donors (Lipinski definition) is 1. The highest BCUT2D eigenvalue weighted by molar-refractivity contribution is 7.99. The van der Waals surface area contributed by atoms with Crippen molar-refractivity contribution in [2.24, 2.45) is 0 Å². The lowest BCUT2D eigenvalue weighted by Crippen LogP contribution is -2.21. The monoisotopic (exact) mass is 713 g/mol. The van der Waals surface area contributed by atoms with Crippen molar-refractivity contribution in [3.05, 3.63) is 30.6 Å². The van der Waals surface area contributed by atoms with E-state index in [4.69, 9.17) is 43.2 Å². The molecule has 0 saturated heterocycles. The van der Waals surface area contributed by atoms with Gasteiger partial charge in [0.25, 0.3) is 0 Å². The van der Waals surface area contributed by atoms with Gasteiger partial charge in [-0.2, -0.15) is 4.98 Å². The van der Waals surface area contributed by atoms with Crippen molar-refractivity contribution in [3.8, 4) is 5.75 Å². The zero-order valence-electron chi connectivity index (χ0n) is 28.0. The Morgan fingerprint density at radius 2 is 1.48 bits per heavy atom. The predicted octanol–water partition coefficient (Wildman–Crippen LogP) is 6.76. The first-order valence-electron chi connectivity index (χ1n) is 15.5.